The zero-order valence-corrected chi connectivity index (χ0v) is 26.3. The number of carbonyl (C=O) groups excluding carboxylic acids is 2. The number of anilines is 1. The molecule has 1 amide bonds. The molecule has 0 spiro atoms. The third kappa shape index (κ3) is 10.9. The molecule has 3 aromatic rings. The Balaban J connectivity index is 0.000000378. The van der Waals surface area contributed by atoms with Crippen LogP contribution >= 0.6 is 11.6 Å². The Bertz CT molecular complexity index is 1460. The van der Waals surface area contributed by atoms with Crippen LogP contribution in [0.15, 0.2) is 85.9 Å². The van der Waals surface area contributed by atoms with Crippen molar-refractivity contribution in [2.24, 2.45) is 0 Å². The smallest absolute Gasteiger partial charge is 0.395 e. The van der Waals surface area contributed by atoms with Crippen LogP contribution in [0.25, 0.3) is 5.57 Å². The number of hydrogen-bond donors (Lipinski definition) is 1. The van der Waals surface area contributed by atoms with Gasteiger partial charge in [0.05, 0.1) is 25.2 Å². The van der Waals surface area contributed by atoms with Crippen molar-refractivity contribution < 1.29 is 22.8 Å². The quantitative estimate of drug-likeness (QED) is 0.161. The van der Waals surface area contributed by atoms with Crippen molar-refractivity contribution in [3.05, 3.63) is 113 Å². The zero-order chi connectivity index (χ0) is 32.9. The second-order valence-electron chi connectivity index (χ2n) is 10.1. The number of benzene rings is 2. The summed E-state index contributed by atoms with van der Waals surface area (Å²) in [5.74, 6) is -1.63. The molecule has 0 radical (unpaired) electrons. The molecule has 6 nitrogen and oxygen atoms in total. The lowest BCUT2D eigenvalue weighted by Crippen LogP contribution is -2.22. The monoisotopic (exact) mass is 628 g/mol. The first-order valence-corrected chi connectivity index (χ1v) is 14.7. The first kappa shape index (κ1) is 36.1. The summed E-state index contributed by atoms with van der Waals surface area (Å²) in [4.78, 5) is 24.9. The van der Waals surface area contributed by atoms with Crippen molar-refractivity contribution in [3.8, 4) is 0 Å². The third-order valence-corrected chi connectivity index (χ3v) is 6.89. The highest BCUT2D eigenvalue weighted by molar-refractivity contribution is 6.31. The summed E-state index contributed by atoms with van der Waals surface area (Å²) in [5, 5.41) is 4.68. The van der Waals surface area contributed by atoms with Gasteiger partial charge in [0.1, 0.15) is 0 Å². The molecule has 44 heavy (non-hydrogen) atoms. The van der Waals surface area contributed by atoms with Gasteiger partial charge in [0.25, 0.3) is 0 Å². The van der Waals surface area contributed by atoms with Gasteiger partial charge in [-0.15, -0.1) is 0 Å². The van der Waals surface area contributed by atoms with E-state index < -0.39 is 12.1 Å². The number of amides is 1. The van der Waals surface area contributed by atoms with Crippen molar-refractivity contribution in [1.82, 2.24) is 14.7 Å². The molecule has 1 heterocycles. The number of hydrogen-bond acceptors (Lipinski definition) is 4. The fraction of sp³-hybridized carbons (Fsp3) is 0.324. The number of nitrogens with two attached hydrogens (primary N) is 1. The van der Waals surface area contributed by atoms with Crippen LogP contribution in [-0.4, -0.2) is 32.5 Å². The normalized spacial score (nSPS) is 12.4. The third-order valence-electron chi connectivity index (χ3n) is 6.65. The van der Waals surface area contributed by atoms with Crippen LogP contribution in [0.5, 0.6) is 0 Å². The Morgan fingerprint density at radius 2 is 1.80 bits per heavy atom. The molecule has 0 aliphatic carbocycles. The minimum absolute atomic E-state index is 0.00539. The van der Waals surface area contributed by atoms with E-state index in [-0.39, 0.29) is 23.7 Å². The lowest BCUT2D eigenvalue weighted by atomic mass is 9.97. The van der Waals surface area contributed by atoms with E-state index in [1.54, 1.807) is 38.1 Å². The number of halogens is 4. The van der Waals surface area contributed by atoms with E-state index in [0.717, 1.165) is 23.1 Å². The fourth-order valence-corrected chi connectivity index (χ4v) is 4.64. The average Bonchev–Trinajstić information content (AvgIpc) is 3.43. The van der Waals surface area contributed by atoms with E-state index in [0.29, 0.717) is 35.8 Å². The molecule has 1 atom stereocenters. The van der Waals surface area contributed by atoms with Gasteiger partial charge >= 0.3 is 6.18 Å². The van der Waals surface area contributed by atoms with Gasteiger partial charge in [-0.25, -0.2) is 0 Å². The van der Waals surface area contributed by atoms with E-state index in [4.69, 9.17) is 17.3 Å². The average molecular weight is 629 g/mol. The lowest BCUT2D eigenvalue weighted by molar-refractivity contribution is -0.152. The van der Waals surface area contributed by atoms with Crippen molar-refractivity contribution in [1.29, 1.82) is 0 Å². The molecule has 0 saturated carbocycles. The Hall–Kier alpha value is -4.11. The van der Waals surface area contributed by atoms with E-state index >= 15 is 0 Å². The molecule has 1 aromatic heterocycles. The Labute approximate surface area is 262 Å². The van der Waals surface area contributed by atoms with Gasteiger partial charge in [0.2, 0.25) is 5.91 Å². The van der Waals surface area contributed by atoms with Crippen LogP contribution < -0.4 is 5.73 Å². The highest BCUT2D eigenvalue weighted by Gasteiger charge is 2.40. The minimum atomic E-state index is -4.27. The topological polar surface area (TPSA) is 81.2 Å². The first-order valence-electron chi connectivity index (χ1n) is 14.3. The maximum Gasteiger partial charge on any atom is 0.395 e. The predicted molar refractivity (Wildman–Crippen MR) is 172 cm³/mol. The lowest BCUT2D eigenvalue weighted by Gasteiger charge is -2.18. The van der Waals surface area contributed by atoms with Gasteiger partial charge in [0, 0.05) is 39.8 Å². The number of carbonyl (C=O) groups is 2. The molecule has 1 unspecified atom stereocenters. The number of allylic oxidation sites excluding steroid dienone is 3. The molecule has 10 heteroatoms. The van der Waals surface area contributed by atoms with E-state index in [2.05, 4.69) is 11.7 Å². The molecule has 236 valence electrons. The standard InChI is InChI=1S/C22H26F3N3O.C12H14ClNO/c1-4-7-20(22(23,24)25)19-13-26-28(16-19)15-18-11-9-17(10-12-18)14-27(6-3)21(29)8-5-2;1-3-4-10(8(2)15)11-7-9(13)5-6-12(11)14/h5-6,8-13,16,20H,3-4,7,14-15H2,1-2H3;4-7H,3,14H2,1-2H3/b8-5-;10-4+. The molecule has 0 bridgehead atoms. The van der Waals surface area contributed by atoms with Crippen molar-refractivity contribution in [2.45, 2.75) is 72.1 Å². The molecule has 2 aromatic carbocycles. The van der Waals surface area contributed by atoms with E-state index in [9.17, 15) is 22.8 Å². The summed E-state index contributed by atoms with van der Waals surface area (Å²) in [6, 6.07) is 12.7. The van der Waals surface area contributed by atoms with Crippen LogP contribution in [0.2, 0.25) is 5.02 Å². The minimum Gasteiger partial charge on any atom is -0.398 e. The van der Waals surface area contributed by atoms with Crippen molar-refractivity contribution >= 4 is 34.6 Å². The highest BCUT2D eigenvalue weighted by Crippen LogP contribution is 2.38. The maximum atomic E-state index is 13.2. The fourth-order valence-electron chi connectivity index (χ4n) is 4.47. The molecular formula is C34H40ClF3N4O2. The highest BCUT2D eigenvalue weighted by atomic mass is 35.5. The zero-order valence-electron chi connectivity index (χ0n) is 25.6. The summed E-state index contributed by atoms with van der Waals surface area (Å²) in [5.41, 5.74) is 9.77. The Morgan fingerprint density at radius 3 is 2.34 bits per heavy atom. The summed E-state index contributed by atoms with van der Waals surface area (Å²) in [7, 11) is 0. The van der Waals surface area contributed by atoms with Gasteiger partial charge in [-0.2, -0.15) is 18.3 Å². The number of Topliss-reactive ketones (excluding diaryl/α,β-unsaturated/α-hetero) is 1. The summed E-state index contributed by atoms with van der Waals surface area (Å²) < 4.78 is 41.2. The van der Waals surface area contributed by atoms with Crippen LogP contribution in [0, 0.1) is 0 Å². The van der Waals surface area contributed by atoms with Crippen molar-refractivity contribution in [2.75, 3.05) is 5.73 Å². The van der Waals surface area contributed by atoms with Gasteiger partial charge in [-0.3, -0.25) is 14.3 Å². The Morgan fingerprint density at radius 1 is 1.14 bits per heavy atom. The molecule has 0 aliphatic rings. The summed E-state index contributed by atoms with van der Waals surface area (Å²) in [6.45, 7) is 11.4. The molecule has 0 fully saturated rings. The van der Waals surface area contributed by atoms with Crippen LogP contribution in [0.3, 0.4) is 0 Å². The molecular weight excluding hydrogens is 589 g/mol. The number of alkyl halides is 3. The Kier molecular flexibility index (Phi) is 14.1. The number of ketones is 1. The van der Waals surface area contributed by atoms with Gasteiger partial charge in [-0.1, -0.05) is 74.9 Å². The number of rotatable bonds is 12. The maximum absolute atomic E-state index is 13.2. The summed E-state index contributed by atoms with van der Waals surface area (Å²) >= 11 is 5.87. The number of nitrogens with zero attached hydrogens (tertiary/aromatic N) is 3. The number of aromatic nitrogens is 2. The largest absolute Gasteiger partial charge is 0.398 e. The van der Waals surface area contributed by atoms with Gasteiger partial charge in [0.15, 0.2) is 5.78 Å². The molecule has 0 saturated heterocycles. The van der Waals surface area contributed by atoms with E-state index in [1.807, 2.05) is 37.3 Å². The summed E-state index contributed by atoms with van der Waals surface area (Å²) in [6.07, 6.45) is 6.29. The molecule has 0 aliphatic heterocycles. The van der Waals surface area contributed by atoms with Gasteiger partial charge in [-0.05, 0) is 62.1 Å². The molecule has 2 N–H and O–H groups in total. The van der Waals surface area contributed by atoms with Gasteiger partial charge < -0.3 is 10.6 Å². The second-order valence-corrected chi connectivity index (χ2v) is 10.6. The first-order chi connectivity index (χ1) is 20.8. The second kappa shape index (κ2) is 17.3. The number of nitrogen functional groups attached to an aromatic ring is 1. The van der Waals surface area contributed by atoms with Crippen molar-refractivity contribution in [3.63, 3.8) is 0 Å². The van der Waals surface area contributed by atoms with Crippen LogP contribution in [0.4, 0.5) is 18.9 Å². The predicted octanol–water partition coefficient (Wildman–Crippen LogP) is 8.73. The molecule has 3 rings (SSSR count). The van der Waals surface area contributed by atoms with Crippen LogP contribution in [-0.2, 0) is 22.7 Å². The SMILES string of the molecule is C=CN(Cc1ccc(Cn2cc(C(CCC)C(F)(F)F)cn2)cc1)C(=O)/C=C\C.CC/C=C(\C(C)=O)c1cc(Cl)ccc1N. The van der Waals surface area contributed by atoms with Crippen LogP contribution in [0.1, 0.15) is 75.1 Å². The van der Waals surface area contributed by atoms with E-state index in [1.165, 1.54) is 41.2 Å².